The van der Waals surface area contributed by atoms with Crippen molar-refractivity contribution in [1.82, 2.24) is 9.97 Å². The van der Waals surface area contributed by atoms with Gasteiger partial charge < -0.3 is 14.8 Å². The Balaban J connectivity index is 1.25. The van der Waals surface area contributed by atoms with Gasteiger partial charge in [0.15, 0.2) is 10.9 Å². The molecule has 5 nitrogen and oxygen atoms in total. The molecule has 1 aromatic carbocycles. The zero-order chi connectivity index (χ0) is 19.8. The molecule has 1 N–H and O–H groups in total. The van der Waals surface area contributed by atoms with Crippen LogP contribution in [0.3, 0.4) is 0 Å². The molecular formula is C21H21F2N3O2S. The van der Waals surface area contributed by atoms with Crippen molar-refractivity contribution in [2.75, 3.05) is 18.5 Å². The van der Waals surface area contributed by atoms with Crippen LogP contribution in [0.5, 0.6) is 5.88 Å². The number of anilines is 1. The third kappa shape index (κ3) is 3.91. The summed E-state index contributed by atoms with van der Waals surface area (Å²) in [6.45, 7) is 1.29. The molecule has 29 heavy (non-hydrogen) atoms. The minimum absolute atomic E-state index is 0.151. The number of pyridine rings is 1. The first kappa shape index (κ1) is 18.7. The predicted octanol–water partition coefficient (Wildman–Crippen LogP) is 5.04. The fourth-order valence-corrected chi connectivity index (χ4v) is 4.92. The normalized spacial score (nSPS) is 25.0. The maximum Gasteiger partial charge on any atom is 0.217 e. The standard InChI is InChI=1S/C21H21F2N3O2S/c22-14-9-16(13-5-7-27-8-6-13)19(24-12-14)28-15-10-21(23,11-15)26-20-25-17-3-1-2-4-18(17)29-20/h1-4,9,12-13,15H,5-8,10-11H2,(H,25,26). The Hall–Kier alpha value is -2.32. The molecule has 0 spiro atoms. The zero-order valence-electron chi connectivity index (χ0n) is 15.7. The number of halogens is 2. The van der Waals surface area contributed by atoms with Crippen molar-refractivity contribution in [3.05, 3.63) is 47.9 Å². The summed E-state index contributed by atoms with van der Waals surface area (Å²) in [5.41, 5.74) is 1.61. The van der Waals surface area contributed by atoms with Crippen LogP contribution in [0, 0.1) is 5.82 Å². The number of aromatic nitrogens is 2. The maximum absolute atomic E-state index is 15.1. The van der Waals surface area contributed by atoms with Gasteiger partial charge in [-0.25, -0.2) is 18.7 Å². The highest BCUT2D eigenvalue weighted by atomic mass is 32.1. The van der Waals surface area contributed by atoms with E-state index in [1.165, 1.54) is 17.4 Å². The lowest BCUT2D eigenvalue weighted by Crippen LogP contribution is -2.52. The second-order valence-electron chi connectivity index (χ2n) is 7.66. The van der Waals surface area contributed by atoms with Crippen LogP contribution in [-0.2, 0) is 4.74 Å². The van der Waals surface area contributed by atoms with Gasteiger partial charge in [-0.1, -0.05) is 23.5 Å². The van der Waals surface area contributed by atoms with Crippen molar-refractivity contribution < 1.29 is 18.3 Å². The van der Waals surface area contributed by atoms with Crippen molar-refractivity contribution in [2.24, 2.45) is 0 Å². The average Bonchev–Trinajstić information content (AvgIpc) is 3.10. The van der Waals surface area contributed by atoms with Gasteiger partial charge in [0.2, 0.25) is 5.88 Å². The number of nitrogens with zero attached hydrogens (tertiary/aromatic N) is 2. The number of rotatable bonds is 5. The predicted molar refractivity (Wildman–Crippen MR) is 108 cm³/mol. The lowest BCUT2D eigenvalue weighted by molar-refractivity contribution is -0.0256. The molecule has 2 aromatic heterocycles. The summed E-state index contributed by atoms with van der Waals surface area (Å²) >= 11 is 1.43. The first-order valence-electron chi connectivity index (χ1n) is 9.80. The Morgan fingerprint density at radius 3 is 2.79 bits per heavy atom. The molecule has 8 heteroatoms. The number of alkyl halides is 1. The third-order valence-electron chi connectivity index (χ3n) is 5.51. The Morgan fingerprint density at radius 2 is 2.00 bits per heavy atom. The smallest absolute Gasteiger partial charge is 0.217 e. The number of fused-ring (bicyclic) bond motifs is 1. The van der Waals surface area contributed by atoms with E-state index in [1.54, 1.807) is 0 Å². The van der Waals surface area contributed by atoms with Crippen LogP contribution in [0.25, 0.3) is 10.2 Å². The van der Waals surface area contributed by atoms with Gasteiger partial charge in [-0.15, -0.1) is 0 Å². The molecule has 1 aliphatic heterocycles. The van der Waals surface area contributed by atoms with Gasteiger partial charge in [0, 0.05) is 31.6 Å². The molecule has 3 heterocycles. The Morgan fingerprint density at radius 1 is 1.21 bits per heavy atom. The van der Waals surface area contributed by atoms with E-state index in [0.717, 1.165) is 34.8 Å². The monoisotopic (exact) mass is 417 g/mol. The minimum atomic E-state index is -1.56. The Labute approximate surface area is 171 Å². The number of para-hydroxylation sites is 1. The van der Waals surface area contributed by atoms with Crippen LogP contribution in [0.4, 0.5) is 13.9 Å². The average molecular weight is 417 g/mol. The van der Waals surface area contributed by atoms with E-state index in [2.05, 4.69) is 15.3 Å². The van der Waals surface area contributed by atoms with Gasteiger partial charge in [-0.2, -0.15) is 0 Å². The summed E-state index contributed by atoms with van der Waals surface area (Å²) in [6.07, 6.45) is 2.83. The Bertz CT molecular complexity index is 983. The molecule has 0 unspecified atom stereocenters. The topological polar surface area (TPSA) is 56.3 Å². The summed E-state index contributed by atoms with van der Waals surface area (Å²) in [5, 5.41) is 3.48. The number of benzene rings is 1. The fourth-order valence-electron chi connectivity index (χ4n) is 3.96. The molecule has 1 saturated heterocycles. The van der Waals surface area contributed by atoms with E-state index < -0.39 is 5.79 Å². The molecule has 2 aliphatic rings. The summed E-state index contributed by atoms with van der Waals surface area (Å²) < 4.78 is 41.2. The molecule has 152 valence electrons. The molecule has 1 aliphatic carbocycles. The lowest BCUT2D eigenvalue weighted by Gasteiger charge is -2.41. The molecule has 3 aromatic rings. The highest BCUT2D eigenvalue weighted by Gasteiger charge is 2.47. The van der Waals surface area contributed by atoms with E-state index >= 15 is 4.39 Å². The second kappa shape index (κ2) is 7.50. The van der Waals surface area contributed by atoms with Gasteiger partial charge in [-0.05, 0) is 37.0 Å². The van der Waals surface area contributed by atoms with E-state index in [1.807, 2.05) is 24.3 Å². The zero-order valence-corrected chi connectivity index (χ0v) is 16.6. The molecule has 5 rings (SSSR count). The number of ether oxygens (including phenoxy) is 2. The Kier molecular flexibility index (Phi) is 4.83. The van der Waals surface area contributed by atoms with Gasteiger partial charge in [-0.3, -0.25) is 0 Å². The molecule has 0 bridgehead atoms. The van der Waals surface area contributed by atoms with Crippen molar-refractivity contribution in [3.63, 3.8) is 0 Å². The first-order chi connectivity index (χ1) is 14.1. The van der Waals surface area contributed by atoms with E-state index in [-0.39, 0.29) is 30.7 Å². The fraction of sp³-hybridized carbons (Fsp3) is 0.429. The first-order valence-corrected chi connectivity index (χ1v) is 10.6. The summed E-state index contributed by atoms with van der Waals surface area (Å²) in [7, 11) is 0. The van der Waals surface area contributed by atoms with E-state index in [4.69, 9.17) is 9.47 Å². The summed E-state index contributed by atoms with van der Waals surface area (Å²) in [6, 6.07) is 9.21. The molecule has 1 saturated carbocycles. The second-order valence-corrected chi connectivity index (χ2v) is 8.69. The number of hydrogen-bond donors (Lipinski definition) is 1. The minimum Gasteiger partial charge on any atom is -0.474 e. The van der Waals surface area contributed by atoms with Gasteiger partial charge in [0.25, 0.3) is 0 Å². The summed E-state index contributed by atoms with van der Waals surface area (Å²) in [4.78, 5) is 8.58. The van der Waals surface area contributed by atoms with Crippen LogP contribution >= 0.6 is 11.3 Å². The van der Waals surface area contributed by atoms with Crippen LogP contribution in [0.1, 0.15) is 37.2 Å². The number of hydrogen-bond acceptors (Lipinski definition) is 6. The molecular weight excluding hydrogens is 396 g/mol. The van der Waals surface area contributed by atoms with Gasteiger partial charge in [0.05, 0.1) is 16.4 Å². The SMILES string of the molecule is Fc1cnc(OC2CC(F)(Nc3nc4ccccc4s3)C2)c(C2CCOCC2)c1. The highest BCUT2D eigenvalue weighted by Crippen LogP contribution is 2.42. The van der Waals surface area contributed by atoms with Crippen molar-refractivity contribution in [2.45, 2.75) is 43.5 Å². The quantitative estimate of drug-likeness (QED) is 0.589. The van der Waals surface area contributed by atoms with Crippen LogP contribution in [0.2, 0.25) is 0 Å². The van der Waals surface area contributed by atoms with Crippen LogP contribution in [0.15, 0.2) is 36.5 Å². The number of nitrogens with one attached hydrogen (secondary N) is 1. The maximum atomic E-state index is 15.1. The lowest BCUT2D eigenvalue weighted by atomic mass is 9.86. The van der Waals surface area contributed by atoms with Crippen LogP contribution < -0.4 is 10.1 Å². The molecule has 0 radical (unpaired) electrons. The van der Waals surface area contributed by atoms with Gasteiger partial charge in [0.1, 0.15) is 11.9 Å². The van der Waals surface area contributed by atoms with Gasteiger partial charge >= 0.3 is 0 Å². The molecule has 0 amide bonds. The largest absolute Gasteiger partial charge is 0.474 e. The molecule has 2 fully saturated rings. The number of thiazole rings is 1. The van der Waals surface area contributed by atoms with E-state index in [0.29, 0.717) is 24.2 Å². The van der Waals surface area contributed by atoms with Crippen molar-refractivity contribution in [3.8, 4) is 5.88 Å². The summed E-state index contributed by atoms with van der Waals surface area (Å²) in [5.74, 6) is -1.38. The van der Waals surface area contributed by atoms with Crippen LogP contribution in [-0.4, -0.2) is 35.1 Å². The molecule has 0 atom stereocenters. The van der Waals surface area contributed by atoms with Crippen molar-refractivity contribution >= 4 is 26.7 Å². The highest BCUT2D eigenvalue weighted by molar-refractivity contribution is 7.22. The van der Waals surface area contributed by atoms with Crippen molar-refractivity contribution in [1.29, 1.82) is 0 Å². The third-order valence-corrected chi connectivity index (χ3v) is 6.46. The van der Waals surface area contributed by atoms with E-state index in [9.17, 15) is 4.39 Å².